The number of carbonyl (C=O) groups is 1. The van der Waals surface area contributed by atoms with Crippen molar-refractivity contribution in [1.29, 1.82) is 0 Å². The molecule has 3 heteroatoms. The summed E-state index contributed by atoms with van der Waals surface area (Å²) in [6.07, 6.45) is 2.80. The van der Waals surface area contributed by atoms with Crippen LogP contribution in [0.3, 0.4) is 0 Å². The molecule has 0 saturated heterocycles. The van der Waals surface area contributed by atoms with Gasteiger partial charge in [-0.1, -0.05) is 54.0 Å². The van der Waals surface area contributed by atoms with E-state index in [9.17, 15) is 4.79 Å². The largest absolute Gasteiger partial charge is 0.352 e. The molecule has 0 fully saturated rings. The molecule has 1 aliphatic carbocycles. The Labute approximate surface area is 124 Å². The first-order valence-electron chi connectivity index (χ1n) is 7.03. The molecule has 1 aromatic rings. The summed E-state index contributed by atoms with van der Waals surface area (Å²) in [6.45, 7) is 4.38. The molecule has 0 saturated carbocycles. The highest BCUT2D eigenvalue weighted by Crippen LogP contribution is 2.26. The molecule has 0 spiro atoms. The zero-order valence-electron chi connectivity index (χ0n) is 11.7. The monoisotopic (exact) mass is 323 g/mol. The fourth-order valence-corrected chi connectivity index (χ4v) is 3.22. The Morgan fingerprint density at radius 1 is 1.32 bits per heavy atom. The van der Waals surface area contributed by atoms with Crippen LogP contribution in [-0.2, 0) is 17.6 Å². The standard InChI is InChI=1S/C16H22BrNO/c1-11(2)7-15(10-17)18-16(19)14-8-12-5-3-4-6-13(12)9-14/h3-6,11,14-15H,7-10H2,1-2H3,(H,18,19). The molecule has 1 unspecified atom stereocenters. The number of hydrogen-bond acceptors (Lipinski definition) is 1. The van der Waals surface area contributed by atoms with Gasteiger partial charge in [0.25, 0.3) is 0 Å². The first-order valence-corrected chi connectivity index (χ1v) is 8.15. The van der Waals surface area contributed by atoms with Crippen molar-refractivity contribution < 1.29 is 4.79 Å². The van der Waals surface area contributed by atoms with E-state index in [0.29, 0.717) is 5.92 Å². The van der Waals surface area contributed by atoms with Gasteiger partial charge >= 0.3 is 0 Å². The van der Waals surface area contributed by atoms with Gasteiger partial charge in [-0.3, -0.25) is 4.79 Å². The topological polar surface area (TPSA) is 29.1 Å². The van der Waals surface area contributed by atoms with Gasteiger partial charge < -0.3 is 5.32 Å². The zero-order valence-corrected chi connectivity index (χ0v) is 13.2. The van der Waals surface area contributed by atoms with Crippen molar-refractivity contribution in [2.75, 3.05) is 5.33 Å². The molecule has 0 aromatic heterocycles. The van der Waals surface area contributed by atoms with E-state index >= 15 is 0 Å². The van der Waals surface area contributed by atoms with Crippen LogP contribution in [0.15, 0.2) is 24.3 Å². The van der Waals surface area contributed by atoms with E-state index in [1.807, 2.05) is 0 Å². The van der Waals surface area contributed by atoms with E-state index in [1.54, 1.807) is 0 Å². The summed E-state index contributed by atoms with van der Waals surface area (Å²) in [5, 5.41) is 4.02. The second-order valence-corrected chi connectivity index (χ2v) is 6.51. The summed E-state index contributed by atoms with van der Waals surface area (Å²) in [4.78, 5) is 12.3. The lowest BCUT2D eigenvalue weighted by Gasteiger charge is -2.20. The van der Waals surface area contributed by atoms with Crippen molar-refractivity contribution in [3.8, 4) is 0 Å². The molecule has 0 radical (unpaired) electrons. The van der Waals surface area contributed by atoms with Gasteiger partial charge in [-0.25, -0.2) is 0 Å². The van der Waals surface area contributed by atoms with Crippen LogP contribution in [0.2, 0.25) is 0 Å². The van der Waals surface area contributed by atoms with Crippen LogP contribution in [-0.4, -0.2) is 17.3 Å². The molecule has 2 rings (SSSR count). The summed E-state index contributed by atoms with van der Waals surface area (Å²) in [7, 11) is 0. The summed E-state index contributed by atoms with van der Waals surface area (Å²) < 4.78 is 0. The number of carbonyl (C=O) groups excluding carboxylic acids is 1. The number of rotatable bonds is 5. The minimum absolute atomic E-state index is 0.117. The molecule has 104 valence electrons. The van der Waals surface area contributed by atoms with Gasteiger partial charge in [0.15, 0.2) is 0 Å². The van der Waals surface area contributed by atoms with Gasteiger partial charge in [0, 0.05) is 17.3 Å². The van der Waals surface area contributed by atoms with Gasteiger partial charge in [0.1, 0.15) is 0 Å². The number of alkyl halides is 1. The van der Waals surface area contributed by atoms with Gasteiger partial charge in [-0.15, -0.1) is 0 Å². The first-order chi connectivity index (χ1) is 9.10. The Balaban J connectivity index is 1.92. The van der Waals surface area contributed by atoms with E-state index in [1.165, 1.54) is 11.1 Å². The van der Waals surface area contributed by atoms with E-state index in [-0.39, 0.29) is 17.9 Å². The van der Waals surface area contributed by atoms with Crippen LogP contribution in [0, 0.1) is 11.8 Å². The van der Waals surface area contributed by atoms with Gasteiger partial charge in [-0.2, -0.15) is 0 Å². The van der Waals surface area contributed by atoms with E-state index in [4.69, 9.17) is 0 Å². The second kappa shape index (κ2) is 6.56. The smallest absolute Gasteiger partial charge is 0.224 e. The Kier molecular flexibility index (Phi) is 5.03. The van der Waals surface area contributed by atoms with Crippen LogP contribution < -0.4 is 5.32 Å². The molecule has 0 aliphatic heterocycles. The Bertz CT molecular complexity index is 419. The van der Waals surface area contributed by atoms with Crippen molar-refractivity contribution in [3.63, 3.8) is 0 Å². The summed E-state index contributed by atoms with van der Waals surface area (Å²) in [5.74, 6) is 0.927. The van der Waals surface area contributed by atoms with Crippen molar-refractivity contribution >= 4 is 21.8 Å². The Hall–Kier alpha value is -0.830. The average Bonchev–Trinajstić information content (AvgIpc) is 2.81. The number of nitrogens with one attached hydrogen (secondary N) is 1. The molecule has 1 aliphatic rings. The summed E-state index contributed by atoms with van der Waals surface area (Å²) in [5.41, 5.74) is 2.67. The van der Waals surface area contributed by atoms with Crippen molar-refractivity contribution in [2.24, 2.45) is 11.8 Å². The van der Waals surface area contributed by atoms with E-state index in [0.717, 1.165) is 24.6 Å². The van der Waals surface area contributed by atoms with E-state index < -0.39 is 0 Å². The molecular weight excluding hydrogens is 302 g/mol. The lowest BCUT2D eigenvalue weighted by molar-refractivity contribution is -0.125. The predicted octanol–water partition coefficient (Wildman–Crippen LogP) is 3.33. The predicted molar refractivity (Wildman–Crippen MR) is 82.5 cm³/mol. The fraction of sp³-hybridized carbons (Fsp3) is 0.562. The lowest BCUT2D eigenvalue weighted by Crippen LogP contribution is -2.41. The fourth-order valence-electron chi connectivity index (χ4n) is 2.79. The second-order valence-electron chi connectivity index (χ2n) is 5.86. The molecular formula is C16H22BrNO. The highest BCUT2D eigenvalue weighted by atomic mass is 79.9. The quantitative estimate of drug-likeness (QED) is 0.827. The molecule has 1 N–H and O–H groups in total. The molecule has 19 heavy (non-hydrogen) atoms. The Morgan fingerprint density at radius 2 is 1.89 bits per heavy atom. The highest BCUT2D eigenvalue weighted by Gasteiger charge is 2.28. The zero-order chi connectivity index (χ0) is 13.8. The van der Waals surface area contributed by atoms with Crippen LogP contribution in [0.4, 0.5) is 0 Å². The molecule has 0 heterocycles. The summed E-state index contributed by atoms with van der Waals surface area (Å²) >= 11 is 3.50. The Morgan fingerprint density at radius 3 is 2.37 bits per heavy atom. The SMILES string of the molecule is CC(C)CC(CBr)NC(=O)C1Cc2ccccc2C1. The lowest BCUT2D eigenvalue weighted by atomic mass is 10.0. The number of fused-ring (bicyclic) bond motifs is 1. The minimum Gasteiger partial charge on any atom is -0.352 e. The van der Waals surface area contributed by atoms with Gasteiger partial charge in [0.05, 0.1) is 0 Å². The van der Waals surface area contributed by atoms with Crippen LogP contribution in [0.1, 0.15) is 31.4 Å². The third kappa shape index (κ3) is 3.82. The van der Waals surface area contributed by atoms with E-state index in [2.05, 4.69) is 59.4 Å². The number of amides is 1. The maximum Gasteiger partial charge on any atom is 0.224 e. The third-order valence-corrected chi connectivity index (χ3v) is 4.49. The molecule has 0 bridgehead atoms. The molecule has 1 atom stereocenters. The summed E-state index contributed by atoms with van der Waals surface area (Å²) in [6, 6.07) is 8.63. The third-order valence-electron chi connectivity index (χ3n) is 3.71. The van der Waals surface area contributed by atoms with Gasteiger partial charge in [0.2, 0.25) is 5.91 Å². The van der Waals surface area contributed by atoms with Crippen molar-refractivity contribution in [3.05, 3.63) is 35.4 Å². The number of hydrogen-bond donors (Lipinski definition) is 1. The minimum atomic E-state index is 0.117. The van der Waals surface area contributed by atoms with Crippen LogP contribution in [0.5, 0.6) is 0 Å². The molecule has 1 amide bonds. The molecule has 1 aromatic carbocycles. The normalized spacial score (nSPS) is 16.4. The van der Waals surface area contributed by atoms with Gasteiger partial charge in [-0.05, 0) is 36.3 Å². The number of benzene rings is 1. The number of halogens is 1. The van der Waals surface area contributed by atoms with Crippen LogP contribution in [0.25, 0.3) is 0 Å². The van der Waals surface area contributed by atoms with Crippen molar-refractivity contribution in [2.45, 2.75) is 39.2 Å². The first kappa shape index (κ1) is 14.6. The highest BCUT2D eigenvalue weighted by molar-refractivity contribution is 9.09. The maximum atomic E-state index is 12.3. The molecule has 2 nitrogen and oxygen atoms in total. The van der Waals surface area contributed by atoms with Crippen molar-refractivity contribution in [1.82, 2.24) is 5.32 Å². The maximum absolute atomic E-state index is 12.3. The van der Waals surface area contributed by atoms with Crippen LogP contribution >= 0.6 is 15.9 Å². The average molecular weight is 324 g/mol.